The summed E-state index contributed by atoms with van der Waals surface area (Å²) >= 11 is 1.68. The predicted molar refractivity (Wildman–Crippen MR) is 71.0 cm³/mol. The summed E-state index contributed by atoms with van der Waals surface area (Å²) in [6, 6.07) is 6.49. The maximum Gasteiger partial charge on any atom is 0.133 e. The van der Waals surface area contributed by atoms with Crippen LogP contribution < -0.4 is 0 Å². The van der Waals surface area contributed by atoms with Crippen LogP contribution in [-0.4, -0.2) is 42.5 Å². The third kappa shape index (κ3) is 3.06. The molecule has 1 aromatic rings. The summed E-state index contributed by atoms with van der Waals surface area (Å²) in [5, 5.41) is 11.4. The standard InChI is InChI=1S/C13H19N3S/c1-2-5-15-6-8-16(9-7-15)12(11-14)13-4-3-10-17-13/h3-4,10,12H,2,5-9H2,1H3. The van der Waals surface area contributed by atoms with E-state index in [0.717, 1.165) is 26.2 Å². The van der Waals surface area contributed by atoms with E-state index in [4.69, 9.17) is 0 Å². The van der Waals surface area contributed by atoms with Gasteiger partial charge in [0.05, 0.1) is 6.07 Å². The van der Waals surface area contributed by atoms with Crippen molar-refractivity contribution in [1.82, 2.24) is 9.80 Å². The topological polar surface area (TPSA) is 30.3 Å². The van der Waals surface area contributed by atoms with Crippen LogP contribution in [0.15, 0.2) is 17.5 Å². The van der Waals surface area contributed by atoms with Crippen LogP contribution in [-0.2, 0) is 0 Å². The van der Waals surface area contributed by atoms with Gasteiger partial charge in [-0.15, -0.1) is 11.3 Å². The fourth-order valence-electron chi connectivity index (χ4n) is 2.33. The van der Waals surface area contributed by atoms with E-state index >= 15 is 0 Å². The van der Waals surface area contributed by atoms with Crippen LogP contribution in [0.25, 0.3) is 0 Å². The fourth-order valence-corrected chi connectivity index (χ4v) is 3.14. The third-order valence-corrected chi connectivity index (χ3v) is 4.17. The highest BCUT2D eigenvalue weighted by Crippen LogP contribution is 2.25. The molecule has 0 N–H and O–H groups in total. The van der Waals surface area contributed by atoms with Crippen molar-refractivity contribution in [2.24, 2.45) is 0 Å². The molecule has 4 heteroatoms. The number of piperazine rings is 1. The Balaban J connectivity index is 1.93. The Morgan fingerprint density at radius 3 is 2.71 bits per heavy atom. The van der Waals surface area contributed by atoms with Gasteiger partial charge in [-0.05, 0) is 24.4 Å². The van der Waals surface area contributed by atoms with Gasteiger partial charge in [0.15, 0.2) is 0 Å². The van der Waals surface area contributed by atoms with Gasteiger partial charge in [0, 0.05) is 31.1 Å². The van der Waals surface area contributed by atoms with E-state index < -0.39 is 0 Å². The van der Waals surface area contributed by atoms with Crippen molar-refractivity contribution in [2.75, 3.05) is 32.7 Å². The molecule has 92 valence electrons. The molecule has 0 bridgehead atoms. The Morgan fingerprint density at radius 1 is 1.41 bits per heavy atom. The molecule has 0 amide bonds. The third-order valence-electron chi connectivity index (χ3n) is 3.25. The summed E-state index contributed by atoms with van der Waals surface area (Å²) in [5.41, 5.74) is 0. The Morgan fingerprint density at radius 2 is 2.18 bits per heavy atom. The van der Waals surface area contributed by atoms with E-state index in [2.05, 4.69) is 28.9 Å². The highest BCUT2D eigenvalue weighted by molar-refractivity contribution is 7.10. The Hall–Kier alpha value is -0.890. The maximum atomic E-state index is 9.32. The summed E-state index contributed by atoms with van der Waals surface area (Å²) in [5.74, 6) is 0. The molecule has 3 nitrogen and oxygen atoms in total. The summed E-state index contributed by atoms with van der Waals surface area (Å²) in [6.07, 6.45) is 1.21. The highest BCUT2D eigenvalue weighted by Gasteiger charge is 2.24. The largest absolute Gasteiger partial charge is 0.301 e. The van der Waals surface area contributed by atoms with Gasteiger partial charge >= 0.3 is 0 Å². The number of hydrogen-bond acceptors (Lipinski definition) is 4. The monoisotopic (exact) mass is 249 g/mol. The van der Waals surface area contributed by atoms with Crippen molar-refractivity contribution >= 4 is 11.3 Å². The van der Waals surface area contributed by atoms with E-state index in [9.17, 15) is 5.26 Å². The smallest absolute Gasteiger partial charge is 0.133 e. The lowest BCUT2D eigenvalue weighted by Crippen LogP contribution is -2.47. The van der Waals surface area contributed by atoms with Crippen LogP contribution in [0.4, 0.5) is 0 Å². The summed E-state index contributed by atoms with van der Waals surface area (Å²) in [4.78, 5) is 5.97. The van der Waals surface area contributed by atoms with E-state index in [1.165, 1.54) is 17.8 Å². The number of nitrogens with zero attached hydrogens (tertiary/aromatic N) is 3. The molecule has 1 aliphatic rings. The number of nitriles is 1. The van der Waals surface area contributed by atoms with Gasteiger partial charge in [0.2, 0.25) is 0 Å². The average molecular weight is 249 g/mol. The van der Waals surface area contributed by atoms with E-state index in [1.807, 2.05) is 11.4 Å². The maximum absolute atomic E-state index is 9.32. The molecule has 17 heavy (non-hydrogen) atoms. The van der Waals surface area contributed by atoms with Gasteiger partial charge in [0.1, 0.15) is 6.04 Å². The number of hydrogen-bond donors (Lipinski definition) is 0. The second-order valence-electron chi connectivity index (χ2n) is 4.42. The van der Waals surface area contributed by atoms with Gasteiger partial charge in [-0.3, -0.25) is 4.90 Å². The summed E-state index contributed by atoms with van der Waals surface area (Å²) < 4.78 is 0. The minimum Gasteiger partial charge on any atom is -0.301 e. The fraction of sp³-hybridized carbons (Fsp3) is 0.615. The van der Waals surface area contributed by atoms with Crippen LogP contribution in [0.3, 0.4) is 0 Å². The molecular weight excluding hydrogens is 230 g/mol. The first-order valence-corrected chi connectivity index (χ1v) is 7.12. The molecule has 1 aliphatic heterocycles. The second-order valence-corrected chi connectivity index (χ2v) is 5.40. The Kier molecular flexibility index (Phi) is 4.55. The summed E-state index contributed by atoms with van der Waals surface area (Å²) in [6.45, 7) is 7.61. The lowest BCUT2D eigenvalue weighted by atomic mass is 10.2. The molecule has 1 unspecified atom stereocenters. The molecule has 0 radical (unpaired) electrons. The van der Waals surface area contributed by atoms with E-state index in [0.29, 0.717) is 0 Å². The van der Waals surface area contributed by atoms with Crippen molar-refractivity contribution in [3.63, 3.8) is 0 Å². The van der Waals surface area contributed by atoms with Crippen molar-refractivity contribution in [3.05, 3.63) is 22.4 Å². The van der Waals surface area contributed by atoms with Crippen molar-refractivity contribution in [1.29, 1.82) is 5.26 Å². The zero-order chi connectivity index (χ0) is 12.1. The summed E-state index contributed by atoms with van der Waals surface area (Å²) in [7, 11) is 0. The van der Waals surface area contributed by atoms with Gasteiger partial charge in [0.25, 0.3) is 0 Å². The first kappa shape index (κ1) is 12.6. The molecule has 0 spiro atoms. The number of rotatable bonds is 4. The van der Waals surface area contributed by atoms with Crippen LogP contribution >= 0.6 is 11.3 Å². The predicted octanol–water partition coefficient (Wildman–Crippen LogP) is 2.34. The van der Waals surface area contributed by atoms with Crippen LogP contribution in [0, 0.1) is 11.3 Å². The Labute approximate surface area is 107 Å². The lowest BCUT2D eigenvalue weighted by Gasteiger charge is -2.36. The molecule has 2 heterocycles. The highest BCUT2D eigenvalue weighted by atomic mass is 32.1. The molecule has 0 aromatic carbocycles. The molecule has 1 aromatic heterocycles. The minimum atomic E-state index is -0.0428. The lowest BCUT2D eigenvalue weighted by molar-refractivity contribution is 0.115. The van der Waals surface area contributed by atoms with E-state index in [-0.39, 0.29) is 6.04 Å². The van der Waals surface area contributed by atoms with Gasteiger partial charge < -0.3 is 4.90 Å². The normalized spacial score (nSPS) is 20.0. The second kappa shape index (κ2) is 6.15. The van der Waals surface area contributed by atoms with Crippen LogP contribution in [0.1, 0.15) is 24.3 Å². The van der Waals surface area contributed by atoms with Crippen molar-refractivity contribution in [2.45, 2.75) is 19.4 Å². The molecule has 2 rings (SSSR count). The molecule has 1 saturated heterocycles. The minimum absolute atomic E-state index is 0.0428. The molecule has 0 aliphatic carbocycles. The van der Waals surface area contributed by atoms with Gasteiger partial charge in [-0.25, -0.2) is 0 Å². The molecular formula is C13H19N3S. The van der Waals surface area contributed by atoms with Gasteiger partial charge in [-0.2, -0.15) is 5.26 Å². The van der Waals surface area contributed by atoms with Gasteiger partial charge in [-0.1, -0.05) is 13.0 Å². The van der Waals surface area contributed by atoms with Crippen molar-refractivity contribution < 1.29 is 0 Å². The molecule has 1 atom stereocenters. The van der Waals surface area contributed by atoms with Crippen molar-refractivity contribution in [3.8, 4) is 6.07 Å². The van der Waals surface area contributed by atoms with E-state index in [1.54, 1.807) is 11.3 Å². The quantitative estimate of drug-likeness (QED) is 0.820. The zero-order valence-corrected chi connectivity index (χ0v) is 11.1. The average Bonchev–Trinajstić information content (AvgIpc) is 2.86. The zero-order valence-electron chi connectivity index (χ0n) is 10.3. The van der Waals surface area contributed by atoms with Crippen LogP contribution in [0.5, 0.6) is 0 Å². The Bertz CT molecular complexity index is 361. The molecule has 1 fully saturated rings. The first-order chi connectivity index (χ1) is 8.35. The SMILES string of the molecule is CCCN1CCN(C(C#N)c2cccs2)CC1. The number of thiophene rings is 1. The first-order valence-electron chi connectivity index (χ1n) is 6.24. The van der Waals surface area contributed by atoms with Crippen LogP contribution in [0.2, 0.25) is 0 Å². The molecule has 0 saturated carbocycles.